The summed E-state index contributed by atoms with van der Waals surface area (Å²) < 4.78 is 17.0. The van der Waals surface area contributed by atoms with Gasteiger partial charge in [-0.2, -0.15) is 0 Å². The number of H-pyrrole nitrogens is 1. The van der Waals surface area contributed by atoms with Crippen LogP contribution in [0.5, 0.6) is 0 Å². The second-order valence-electron chi connectivity index (χ2n) is 5.10. The number of fused-ring (bicyclic) bond motifs is 1. The van der Waals surface area contributed by atoms with E-state index in [-0.39, 0.29) is 5.82 Å². The zero-order valence-corrected chi connectivity index (χ0v) is 14.5. The van der Waals surface area contributed by atoms with Gasteiger partial charge in [-0.15, -0.1) is 0 Å². The third-order valence-electron chi connectivity index (χ3n) is 3.52. The highest BCUT2D eigenvalue weighted by Crippen LogP contribution is 2.21. The van der Waals surface area contributed by atoms with Crippen LogP contribution in [0.1, 0.15) is 11.1 Å². The van der Waals surface area contributed by atoms with E-state index in [1.165, 1.54) is 11.1 Å². The summed E-state index contributed by atoms with van der Waals surface area (Å²) in [7, 11) is 0. The predicted octanol–water partition coefficient (Wildman–Crippen LogP) is 4.99. The Morgan fingerprint density at radius 2 is 2.10 bits per heavy atom. The van der Waals surface area contributed by atoms with Crippen molar-refractivity contribution in [2.45, 2.75) is 19.9 Å². The number of hydrogen-bond donors (Lipinski definition) is 1. The number of aryl methyl sites for hydroxylation is 3. The van der Waals surface area contributed by atoms with Crippen molar-refractivity contribution in [1.82, 2.24) is 9.55 Å². The van der Waals surface area contributed by atoms with Crippen molar-refractivity contribution in [2.24, 2.45) is 0 Å². The summed E-state index contributed by atoms with van der Waals surface area (Å²) in [6.45, 7) is 2.82. The molecule has 2 aromatic carbocycles. The van der Waals surface area contributed by atoms with Gasteiger partial charge in [-0.3, -0.25) is 0 Å². The van der Waals surface area contributed by atoms with Crippen LogP contribution < -0.4 is 0 Å². The molecule has 0 amide bonds. The maximum atomic E-state index is 13.8. The number of aromatic amines is 1. The van der Waals surface area contributed by atoms with Crippen molar-refractivity contribution in [2.75, 3.05) is 0 Å². The van der Waals surface area contributed by atoms with Gasteiger partial charge in [0.05, 0.1) is 14.6 Å². The average Bonchev–Trinajstić information content (AvgIpc) is 2.72. The molecule has 21 heavy (non-hydrogen) atoms. The summed E-state index contributed by atoms with van der Waals surface area (Å²) >= 11 is 7.35. The number of rotatable bonds is 3. The van der Waals surface area contributed by atoms with Crippen LogP contribution in [0.3, 0.4) is 0 Å². The number of hydrogen-bond acceptors (Lipinski definition) is 1. The van der Waals surface area contributed by atoms with Crippen molar-refractivity contribution in [3.63, 3.8) is 0 Å². The third-order valence-corrected chi connectivity index (χ3v) is 4.67. The molecule has 1 heterocycles. The second kappa shape index (κ2) is 5.88. The van der Waals surface area contributed by atoms with E-state index < -0.39 is 0 Å². The smallest absolute Gasteiger partial charge is 0.178 e. The first-order chi connectivity index (χ1) is 10.0. The van der Waals surface area contributed by atoms with Crippen LogP contribution in [0.25, 0.3) is 11.0 Å². The topological polar surface area (TPSA) is 20.7 Å². The van der Waals surface area contributed by atoms with E-state index >= 15 is 0 Å². The van der Waals surface area contributed by atoms with Crippen molar-refractivity contribution in [3.05, 3.63) is 61.7 Å². The number of benzene rings is 2. The molecular weight excluding hydrogens is 398 g/mol. The van der Waals surface area contributed by atoms with Crippen LogP contribution in [0.4, 0.5) is 4.39 Å². The Balaban J connectivity index is 1.95. The number of imidazole rings is 1. The minimum Gasteiger partial charge on any atom is -0.331 e. The highest BCUT2D eigenvalue weighted by Gasteiger charge is 2.09. The SMILES string of the molecule is Cc1cccc(CCn2c(=S)[nH]c3cc(I)c(F)cc32)c1. The monoisotopic (exact) mass is 412 g/mol. The molecule has 0 saturated carbocycles. The minimum atomic E-state index is -0.207. The highest BCUT2D eigenvalue weighted by molar-refractivity contribution is 14.1. The fourth-order valence-corrected chi connectivity index (χ4v) is 3.25. The van der Waals surface area contributed by atoms with Crippen molar-refractivity contribution < 1.29 is 4.39 Å². The van der Waals surface area contributed by atoms with Crippen molar-refractivity contribution in [3.8, 4) is 0 Å². The van der Waals surface area contributed by atoms with Gasteiger partial charge in [0, 0.05) is 12.6 Å². The molecule has 3 rings (SSSR count). The fraction of sp³-hybridized carbons (Fsp3) is 0.188. The van der Waals surface area contributed by atoms with Crippen molar-refractivity contribution >= 4 is 45.8 Å². The molecule has 0 spiro atoms. The standard InChI is InChI=1S/C16H14FIN2S/c1-10-3-2-4-11(7-10)5-6-20-15-8-12(17)13(18)9-14(15)19-16(20)21/h2-4,7-9H,5-6H2,1H3,(H,19,21). The van der Waals surface area contributed by atoms with Gasteiger partial charge in [-0.25, -0.2) is 4.39 Å². The Morgan fingerprint density at radius 3 is 2.86 bits per heavy atom. The summed E-state index contributed by atoms with van der Waals surface area (Å²) in [6, 6.07) is 11.8. The van der Waals surface area contributed by atoms with Crippen LogP contribution >= 0.6 is 34.8 Å². The quantitative estimate of drug-likeness (QED) is 0.475. The van der Waals surface area contributed by atoms with E-state index in [1.807, 2.05) is 27.2 Å². The first kappa shape index (κ1) is 14.7. The molecule has 0 bridgehead atoms. The van der Waals surface area contributed by atoms with E-state index in [1.54, 1.807) is 12.1 Å². The summed E-state index contributed by atoms with van der Waals surface area (Å²) in [5, 5.41) is 0. The summed E-state index contributed by atoms with van der Waals surface area (Å²) in [6.07, 6.45) is 0.872. The van der Waals surface area contributed by atoms with E-state index in [9.17, 15) is 4.39 Å². The van der Waals surface area contributed by atoms with Crippen LogP contribution in [0, 0.1) is 21.1 Å². The van der Waals surface area contributed by atoms with Gasteiger partial charge in [0.15, 0.2) is 4.77 Å². The van der Waals surface area contributed by atoms with E-state index in [2.05, 4.69) is 36.2 Å². The fourth-order valence-electron chi connectivity index (χ4n) is 2.48. The Kier molecular flexibility index (Phi) is 4.12. The third kappa shape index (κ3) is 3.03. The summed E-state index contributed by atoms with van der Waals surface area (Å²) in [5.74, 6) is -0.207. The Labute approximate surface area is 141 Å². The molecule has 5 heteroatoms. The van der Waals surface area contributed by atoms with Gasteiger partial charge in [0.2, 0.25) is 0 Å². The molecule has 0 saturated heterocycles. The molecule has 108 valence electrons. The lowest BCUT2D eigenvalue weighted by Crippen LogP contribution is -2.02. The van der Waals surface area contributed by atoms with Gasteiger partial charge in [-0.05, 0) is 59.8 Å². The first-order valence-electron chi connectivity index (χ1n) is 6.68. The number of aromatic nitrogens is 2. The van der Waals surface area contributed by atoms with Crippen LogP contribution in [-0.4, -0.2) is 9.55 Å². The molecule has 0 radical (unpaired) electrons. The zero-order valence-electron chi connectivity index (χ0n) is 11.5. The van der Waals surface area contributed by atoms with E-state index in [4.69, 9.17) is 12.2 Å². The average molecular weight is 412 g/mol. The van der Waals surface area contributed by atoms with E-state index in [0.29, 0.717) is 8.34 Å². The zero-order chi connectivity index (χ0) is 15.0. The molecule has 0 aliphatic heterocycles. The van der Waals surface area contributed by atoms with Gasteiger partial charge in [0.25, 0.3) is 0 Å². The molecular formula is C16H14FIN2S. The van der Waals surface area contributed by atoms with Crippen molar-refractivity contribution in [1.29, 1.82) is 0 Å². The van der Waals surface area contributed by atoms with Gasteiger partial charge >= 0.3 is 0 Å². The normalized spacial score (nSPS) is 11.2. The molecule has 0 unspecified atom stereocenters. The first-order valence-corrected chi connectivity index (χ1v) is 8.16. The van der Waals surface area contributed by atoms with Gasteiger partial charge in [-0.1, -0.05) is 29.8 Å². The maximum absolute atomic E-state index is 13.8. The minimum absolute atomic E-state index is 0.207. The molecule has 1 aromatic heterocycles. The van der Waals surface area contributed by atoms with Gasteiger partial charge < -0.3 is 9.55 Å². The van der Waals surface area contributed by atoms with Crippen LogP contribution in [0.2, 0.25) is 0 Å². The molecule has 1 N–H and O–H groups in total. The molecule has 0 aliphatic carbocycles. The number of halogens is 2. The van der Waals surface area contributed by atoms with Gasteiger partial charge in [0.1, 0.15) is 5.82 Å². The molecule has 3 aromatic rings. The lowest BCUT2D eigenvalue weighted by atomic mass is 10.1. The predicted molar refractivity (Wildman–Crippen MR) is 94.7 cm³/mol. The molecule has 0 aliphatic rings. The van der Waals surface area contributed by atoms with Crippen LogP contribution in [0.15, 0.2) is 36.4 Å². The second-order valence-corrected chi connectivity index (χ2v) is 6.65. The Bertz CT molecular complexity index is 866. The summed E-state index contributed by atoms with van der Waals surface area (Å²) in [5.41, 5.74) is 4.22. The molecule has 2 nitrogen and oxygen atoms in total. The Hall–Kier alpha value is -1.21. The lowest BCUT2D eigenvalue weighted by Gasteiger charge is -2.06. The molecule has 0 atom stereocenters. The maximum Gasteiger partial charge on any atom is 0.178 e. The highest BCUT2D eigenvalue weighted by atomic mass is 127. The largest absolute Gasteiger partial charge is 0.331 e. The van der Waals surface area contributed by atoms with E-state index in [0.717, 1.165) is 24.0 Å². The Morgan fingerprint density at radius 1 is 1.29 bits per heavy atom. The lowest BCUT2D eigenvalue weighted by molar-refractivity contribution is 0.620. The molecule has 0 fully saturated rings. The number of nitrogens with one attached hydrogen (secondary N) is 1. The number of nitrogens with zero attached hydrogens (tertiary/aromatic N) is 1. The van der Waals surface area contributed by atoms with Crippen LogP contribution in [-0.2, 0) is 13.0 Å². The summed E-state index contributed by atoms with van der Waals surface area (Å²) in [4.78, 5) is 3.15.